The molecule has 9 heteroatoms. The van der Waals surface area contributed by atoms with Gasteiger partial charge in [0.05, 0.1) is 5.56 Å². The van der Waals surface area contributed by atoms with Gasteiger partial charge >= 0.3 is 0 Å². The van der Waals surface area contributed by atoms with Crippen molar-refractivity contribution in [3.8, 4) is 33.0 Å². The number of hydrogen-bond donors (Lipinski definition) is 1. The van der Waals surface area contributed by atoms with Gasteiger partial charge in [-0.3, -0.25) is 4.79 Å². The maximum atomic E-state index is 15.5. The summed E-state index contributed by atoms with van der Waals surface area (Å²) in [4.78, 5) is 24.8. The second-order valence-corrected chi connectivity index (χ2v) is 10.2. The van der Waals surface area contributed by atoms with Gasteiger partial charge in [-0.1, -0.05) is 11.3 Å². The summed E-state index contributed by atoms with van der Waals surface area (Å²) in [5.41, 5.74) is 4.48. The predicted molar refractivity (Wildman–Crippen MR) is 151 cm³/mol. The smallest absolute Gasteiger partial charge is 0.255 e. The predicted octanol–water partition coefficient (Wildman–Crippen LogP) is 7.14. The normalized spacial score (nSPS) is 11.3. The minimum Gasteiger partial charge on any atom is -0.455 e. The number of rotatable bonds is 5. The number of benzene rings is 3. The van der Waals surface area contributed by atoms with Crippen molar-refractivity contribution in [3.63, 3.8) is 0 Å². The highest BCUT2D eigenvalue weighted by molar-refractivity contribution is 7.21. The summed E-state index contributed by atoms with van der Waals surface area (Å²) in [6, 6.07) is 17.9. The third-order valence-corrected chi connectivity index (χ3v) is 7.55. The van der Waals surface area contributed by atoms with Crippen LogP contribution in [0.15, 0.2) is 77.3 Å². The first-order valence-corrected chi connectivity index (χ1v) is 12.9. The molecule has 1 N–H and O–H groups in total. The Kier molecular flexibility index (Phi) is 6.07. The van der Waals surface area contributed by atoms with E-state index in [2.05, 4.69) is 15.3 Å². The number of fused-ring (bicyclic) bond motifs is 2. The lowest BCUT2D eigenvalue weighted by Crippen LogP contribution is -2.18. The Balaban J connectivity index is 1.59. The van der Waals surface area contributed by atoms with Gasteiger partial charge in [0.25, 0.3) is 5.91 Å². The van der Waals surface area contributed by atoms with Gasteiger partial charge in [-0.25, -0.2) is 18.7 Å². The Morgan fingerprint density at radius 2 is 1.74 bits per heavy atom. The quantitative estimate of drug-likeness (QED) is 0.252. The van der Waals surface area contributed by atoms with Crippen molar-refractivity contribution in [1.82, 2.24) is 15.3 Å². The van der Waals surface area contributed by atoms with Crippen molar-refractivity contribution < 1.29 is 18.0 Å². The van der Waals surface area contributed by atoms with Gasteiger partial charge in [0.2, 0.25) is 0 Å². The molecule has 0 aliphatic heterocycles. The van der Waals surface area contributed by atoms with E-state index in [-0.39, 0.29) is 5.91 Å². The molecular formula is C30H22F2N4O2S. The molecule has 0 fully saturated rings. The van der Waals surface area contributed by atoms with Gasteiger partial charge in [-0.15, -0.1) is 0 Å². The molecule has 0 saturated heterocycles. The number of thiazole rings is 1. The number of amides is 1. The number of pyridine rings is 1. The van der Waals surface area contributed by atoms with E-state index in [1.165, 1.54) is 36.6 Å². The summed E-state index contributed by atoms with van der Waals surface area (Å²) >= 11 is 1.43. The third kappa shape index (κ3) is 4.30. The van der Waals surface area contributed by atoms with E-state index in [4.69, 9.17) is 4.42 Å². The van der Waals surface area contributed by atoms with Gasteiger partial charge in [0.15, 0.2) is 0 Å². The fourth-order valence-electron chi connectivity index (χ4n) is 4.63. The van der Waals surface area contributed by atoms with Crippen LogP contribution in [-0.2, 0) is 0 Å². The first-order chi connectivity index (χ1) is 18.8. The maximum Gasteiger partial charge on any atom is 0.255 e. The highest BCUT2D eigenvalue weighted by atomic mass is 32.1. The molecule has 6 rings (SSSR count). The highest BCUT2D eigenvalue weighted by Gasteiger charge is 2.25. The van der Waals surface area contributed by atoms with E-state index in [1.54, 1.807) is 42.6 Å². The van der Waals surface area contributed by atoms with Crippen LogP contribution < -0.4 is 10.2 Å². The molecule has 6 aromatic rings. The van der Waals surface area contributed by atoms with Crippen LogP contribution in [0.25, 0.3) is 54.3 Å². The van der Waals surface area contributed by atoms with E-state index >= 15 is 4.39 Å². The molecule has 0 radical (unpaired) electrons. The largest absolute Gasteiger partial charge is 0.455 e. The van der Waals surface area contributed by atoms with E-state index in [0.29, 0.717) is 44.7 Å². The van der Waals surface area contributed by atoms with E-state index < -0.39 is 11.6 Å². The summed E-state index contributed by atoms with van der Waals surface area (Å²) in [6.45, 7) is 0. The topological polar surface area (TPSA) is 71.3 Å². The highest BCUT2D eigenvalue weighted by Crippen LogP contribution is 2.42. The third-order valence-electron chi connectivity index (χ3n) is 6.52. The molecule has 0 saturated carbocycles. The summed E-state index contributed by atoms with van der Waals surface area (Å²) in [6.07, 6.45) is 1.72. The summed E-state index contributed by atoms with van der Waals surface area (Å²) in [5.74, 6) is -0.868. The standard InChI is InChI=1S/C30H22F2N4O2S/c1-33-28(37)26-21-14-20(24(36(2)3)15-25(21)38-27(26)16-6-9-18(31)10-7-16)19-13-17(8-11-22(19)32)29-35-23-5-4-12-34-30(23)39-29/h4-15H,1-3H3,(H,33,37). The number of anilines is 1. The van der Waals surface area contributed by atoms with E-state index in [0.717, 1.165) is 20.9 Å². The minimum absolute atomic E-state index is 0.291. The lowest BCUT2D eigenvalue weighted by molar-refractivity contribution is 0.0964. The molecule has 6 nitrogen and oxygen atoms in total. The van der Waals surface area contributed by atoms with Crippen LogP contribution in [0.5, 0.6) is 0 Å². The number of aromatic nitrogens is 2. The SMILES string of the molecule is CNC(=O)c1c(-c2ccc(F)cc2)oc2cc(N(C)C)c(-c3cc(-c4nc5cccnc5s4)ccc3F)cc12. The van der Waals surface area contributed by atoms with Crippen molar-refractivity contribution in [3.05, 3.63) is 90.1 Å². The maximum absolute atomic E-state index is 15.5. The van der Waals surface area contributed by atoms with Crippen LogP contribution >= 0.6 is 11.3 Å². The molecule has 3 aromatic heterocycles. The number of nitrogens with zero attached hydrogens (tertiary/aromatic N) is 3. The van der Waals surface area contributed by atoms with Crippen LogP contribution in [0.4, 0.5) is 14.5 Å². The summed E-state index contributed by atoms with van der Waals surface area (Å²) < 4.78 is 35.2. The van der Waals surface area contributed by atoms with Crippen molar-refractivity contribution in [2.24, 2.45) is 0 Å². The molecule has 0 unspecified atom stereocenters. The minimum atomic E-state index is -0.413. The lowest BCUT2D eigenvalue weighted by atomic mass is 9.96. The Morgan fingerprint density at radius 1 is 0.974 bits per heavy atom. The Labute approximate surface area is 226 Å². The zero-order valence-corrected chi connectivity index (χ0v) is 22.1. The molecular weight excluding hydrogens is 518 g/mol. The molecule has 3 heterocycles. The van der Waals surface area contributed by atoms with Gasteiger partial charge in [0, 0.05) is 66.7 Å². The van der Waals surface area contributed by atoms with Gasteiger partial charge in [-0.2, -0.15) is 0 Å². The fourth-order valence-corrected chi connectivity index (χ4v) is 5.53. The van der Waals surface area contributed by atoms with Crippen LogP contribution in [0.1, 0.15) is 10.4 Å². The van der Waals surface area contributed by atoms with Crippen molar-refractivity contribution in [2.75, 3.05) is 26.0 Å². The van der Waals surface area contributed by atoms with Crippen molar-refractivity contribution >= 4 is 44.2 Å². The Bertz CT molecular complexity index is 1840. The zero-order valence-electron chi connectivity index (χ0n) is 21.3. The molecule has 194 valence electrons. The second-order valence-electron chi connectivity index (χ2n) is 9.19. The number of nitrogens with one attached hydrogen (secondary N) is 1. The summed E-state index contributed by atoms with van der Waals surface area (Å²) in [7, 11) is 5.24. The number of hydrogen-bond acceptors (Lipinski definition) is 6. The Morgan fingerprint density at radius 3 is 2.46 bits per heavy atom. The number of furan rings is 1. The molecule has 1 amide bonds. The van der Waals surface area contributed by atoms with E-state index in [1.807, 2.05) is 31.1 Å². The van der Waals surface area contributed by atoms with Crippen LogP contribution in [0.2, 0.25) is 0 Å². The monoisotopic (exact) mass is 540 g/mol. The summed E-state index contributed by atoms with van der Waals surface area (Å²) in [5, 5.41) is 3.91. The van der Waals surface area contributed by atoms with Crippen molar-refractivity contribution in [1.29, 1.82) is 0 Å². The molecule has 0 aliphatic rings. The molecule has 0 bridgehead atoms. The molecule has 3 aromatic carbocycles. The molecule has 0 aliphatic carbocycles. The molecule has 39 heavy (non-hydrogen) atoms. The first-order valence-electron chi connectivity index (χ1n) is 12.1. The van der Waals surface area contributed by atoms with Crippen LogP contribution in [0.3, 0.4) is 0 Å². The zero-order chi connectivity index (χ0) is 27.3. The second kappa shape index (κ2) is 9.59. The fraction of sp³-hybridized carbons (Fsp3) is 0.100. The first kappa shape index (κ1) is 24.7. The average molecular weight is 541 g/mol. The number of carbonyl (C=O) groups excluding carboxylic acids is 1. The Hall–Kier alpha value is -4.63. The number of carbonyl (C=O) groups is 1. The average Bonchev–Trinajstić information content (AvgIpc) is 3.54. The van der Waals surface area contributed by atoms with Gasteiger partial charge in [0.1, 0.15) is 38.3 Å². The van der Waals surface area contributed by atoms with Crippen LogP contribution in [-0.4, -0.2) is 37.0 Å². The number of halogens is 2. The molecule has 0 atom stereocenters. The van der Waals surface area contributed by atoms with Gasteiger partial charge < -0.3 is 14.6 Å². The lowest BCUT2D eigenvalue weighted by Gasteiger charge is -2.18. The van der Waals surface area contributed by atoms with Crippen LogP contribution in [0, 0.1) is 11.6 Å². The van der Waals surface area contributed by atoms with Gasteiger partial charge in [-0.05, 0) is 60.7 Å². The molecule has 0 spiro atoms. The van der Waals surface area contributed by atoms with Crippen molar-refractivity contribution in [2.45, 2.75) is 0 Å². The van der Waals surface area contributed by atoms with E-state index in [9.17, 15) is 9.18 Å².